The van der Waals surface area contributed by atoms with Gasteiger partial charge in [0.15, 0.2) is 0 Å². The molecular formula is C6H12Cl2N2OS. The van der Waals surface area contributed by atoms with Crippen molar-refractivity contribution in [3.05, 3.63) is 16.6 Å². The van der Waals surface area contributed by atoms with E-state index in [0.717, 1.165) is 11.6 Å². The molecule has 0 aliphatic rings. The van der Waals surface area contributed by atoms with Gasteiger partial charge < -0.3 is 10.4 Å². The first kappa shape index (κ1) is 14.6. The number of nitrogens with one attached hydrogen (secondary N) is 1. The van der Waals surface area contributed by atoms with Gasteiger partial charge in [0.25, 0.3) is 0 Å². The number of nitrogens with zero attached hydrogens (tertiary/aromatic N) is 1. The summed E-state index contributed by atoms with van der Waals surface area (Å²) < 4.78 is 0. The summed E-state index contributed by atoms with van der Waals surface area (Å²) in [4.78, 5) is 4.06. The van der Waals surface area contributed by atoms with Gasteiger partial charge in [-0.05, 0) is 0 Å². The third kappa shape index (κ3) is 5.74. The SMILES string of the molecule is Cl.Cl.OCCNCc1nccs1. The highest BCUT2D eigenvalue weighted by molar-refractivity contribution is 7.09. The maximum absolute atomic E-state index is 8.42. The quantitative estimate of drug-likeness (QED) is 0.762. The Morgan fingerprint density at radius 2 is 2.25 bits per heavy atom. The van der Waals surface area contributed by atoms with Gasteiger partial charge >= 0.3 is 0 Å². The summed E-state index contributed by atoms with van der Waals surface area (Å²) in [5.74, 6) is 0. The monoisotopic (exact) mass is 230 g/mol. The van der Waals surface area contributed by atoms with Crippen molar-refractivity contribution in [1.82, 2.24) is 10.3 Å². The molecule has 0 fully saturated rings. The van der Waals surface area contributed by atoms with Crippen molar-refractivity contribution in [2.24, 2.45) is 0 Å². The Kier molecular flexibility index (Phi) is 11.3. The van der Waals surface area contributed by atoms with Crippen LogP contribution >= 0.6 is 36.2 Å². The van der Waals surface area contributed by atoms with Gasteiger partial charge in [0.1, 0.15) is 5.01 Å². The summed E-state index contributed by atoms with van der Waals surface area (Å²) in [5, 5.41) is 14.5. The van der Waals surface area contributed by atoms with Crippen LogP contribution in [0.2, 0.25) is 0 Å². The highest BCUT2D eigenvalue weighted by Gasteiger charge is 1.91. The van der Waals surface area contributed by atoms with Crippen molar-refractivity contribution in [3.8, 4) is 0 Å². The molecule has 0 aliphatic carbocycles. The minimum absolute atomic E-state index is 0. The summed E-state index contributed by atoms with van der Waals surface area (Å²) in [6.07, 6.45) is 1.78. The van der Waals surface area contributed by atoms with Crippen molar-refractivity contribution < 1.29 is 5.11 Å². The van der Waals surface area contributed by atoms with Crippen LogP contribution in [0, 0.1) is 0 Å². The molecule has 1 heterocycles. The molecule has 1 rings (SSSR count). The highest BCUT2D eigenvalue weighted by atomic mass is 35.5. The molecule has 0 saturated carbocycles. The Morgan fingerprint density at radius 3 is 2.75 bits per heavy atom. The van der Waals surface area contributed by atoms with E-state index in [1.165, 1.54) is 0 Å². The minimum Gasteiger partial charge on any atom is -0.395 e. The Morgan fingerprint density at radius 1 is 1.50 bits per heavy atom. The number of aliphatic hydroxyl groups excluding tert-OH is 1. The highest BCUT2D eigenvalue weighted by Crippen LogP contribution is 2.01. The number of hydrogen-bond acceptors (Lipinski definition) is 4. The standard InChI is InChI=1S/C6H10N2OS.2ClH/c9-3-1-7-5-6-8-2-4-10-6;;/h2,4,7,9H,1,3,5H2;2*1H. The van der Waals surface area contributed by atoms with E-state index in [1.807, 2.05) is 5.38 Å². The van der Waals surface area contributed by atoms with Crippen molar-refractivity contribution in [2.75, 3.05) is 13.2 Å². The molecule has 0 amide bonds. The van der Waals surface area contributed by atoms with Gasteiger partial charge in [-0.1, -0.05) is 0 Å². The Hall–Kier alpha value is 0.130. The lowest BCUT2D eigenvalue weighted by atomic mass is 10.6. The second kappa shape index (κ2) is 9.22. The van der Waals surface area contributed by atoms with E-state index in [0.29, 0.717) is 6.54 Å². The number of halogens is 2. The van der Waals surface area contributed by atoms with Crippen LogP contribution in [-0.4, -0.2) is 23.2 Å². The van der Waals surface area contributed by atoms with Gasteiger partial charge in [0.05, 0.1) is 6.61 Å². The van der Waals surface area contributed by atoms with Crippen molar-refractivity contribution >= 4 is 36.2 Å². The topological polar surface area (TPSA) is 45.1 Å². The summed E-state index contributed by atoms with van der Waals surface area (Å²) in [5.41, 5.74) is 0. The zero-order valence-electron chi connectivity index (χ0n) is 6.40. The van der Waals surface area contributed by atoms with Crippen LogP contribution in [0.15, 0.2) is 11.6 Å². The molecule has 0 aliphatic heterocycles. The van der Waals surface area contributed by atoms with Crippen LogP contribution < -0.4 is 5.32 Å². The molecule has 6 heteroatoms. The summed E-state index contributed by atoms with van der Waals surface area (Å²) in [6.45, 7) is 1.59. The zero-order chi connectivity index (χ0) is 7.23. The van der Waals surface area contributed by atoms with Gasteiger partial charge in [-0.25, -0.2) is 4.98 Å². The molecule has 1 aromatic heterocycles. The van der Waals surface area contributed by atoms with Crippen LogP contribution in [0.1, 0.15) is 5.01 Å². The Balaban J connectivity index is 0. The van der Waals surface area contributed by atoms with E-state index in [2.05, 4.69) is 10.3 Å². The van der Waals surface area contributed by atoms with Crippen molar-refractivity contribution in [3.63, 3.8) is 0 Å². The number of hydrogen-bond donors (Lipinski definition) is 2. The molecule has 0 bridgehead atoms. The van der Waals surface area contributed by atoms with Gasteiger partial charge in [-0.3, -0.25) is 0 Å². The molecule has 0 radical (unpaired) electrons. The zero-order valence-corrected chi connectivity index (χ0v) is 8.84. The van der Waals surface area contributed by atoms with Crippen molar-refractivity contribution in [2.45, 2.75) is 6.54 Å². The number of thiazole rings is 1. The maximum Gasteiger partial charge on any atom is 0.106 e. The predicted octanol–water partition coefficient (Wildman–Crippen LogP) is 1.07. The second-order valence-electron chi connectivity index (χ2n) is 1.83. The van der Waals surface area contributed by atoms with E-state index in [4.69, 9.17) is 5.11 Å². The predicted molar refractivity (Wildman–Crippen MR) is 55.4 cm³/mol. The Labute approximate surface area is 88.0 Å². The summed E-state index contributed by atoms with van der Waals surface area (Å²) in [7, 11) is 0. The van der Waals surface area contributed by atoms with Crippen LogP contribution in [0.5, 0.6) is 0 Å². The molecule has 72 valence electrons. The first-order chi connectivity index (χ1) is 4.93. The summed E-state index contributed by atoms with van der Waals surface area (Å²) >= 11 is 1.62. The van der Waals surface area contributed by atoms with Gasteiger partial charge in [-0.15, -0.1) is 36.2 Å². The normalized spacial score (nSPS) is 8.42. The molecule has 0 atom stereocenters. The Bertz CT molecular complexity index is 172. The van der Waals surface area contributed by atoms with E-state index >= 15 is 0 Å². The maximum atomic E-state index is 8.42. The van der Waals surface area contributed by atoms with E-state index < -0.39 is 0 Å². The third-order valence-corrected chi connectivity index (χ3v) is 1.83. The molecule has 0 aromatic carbocycles. The molecule has 1 aromatic rings. The third-order valence-electron chi connectivity index (χ3n) is 1.05. The number of aromatic nitrogens is 1. The van der Waals surface area contributed by atoms with Crippen molar-refractivity contribution in [1.29, 1.82) is 0 Å². The van der Waals surface area contributed by atoms with Gasteiger partial charge in [0, 0.05) is 24.7 Å². The lowest BCUT2D eigenvalue weighted by Gasteiger charge is -1.96. The second-order valence-corrected chi connectivity index (χ2v) is 2.81. The molecular weight excluding hydrogens is 219 g/mol. The molecule has 2 N–H and O–H groups in total. The van der Waals surface area contributed by atoms with E-state index in [1.54, 1.807) is 17.5 Å². The first-order valence-electron chi connectivity index (χ1n) is 3.13. The fourth-order valence-corrected chi connectivity index (χ4v) is 1.20. The first-order valence-corrected chi connectivity index (χ1v) is 4.01. The minimum atomic E-state index is 0. The molecule has 12 heavy (non-hydrogen) atoms. The average Bonchev–Trinajstić information content (AvgIpc) is 2.41. The van der Waals surface area contributed by atoms with Crippen LogP contribution in [0.4, 0.5) is 0 Å². The van der Waals surface area contributed by atoms with E-state index in [9.17, 15) is 0 Å². The molecule has 0 saturated heterocycles. The lowest BCUT2D eigenvalue weighted by molar-refractivity contribution is 0.292. The van der Waals surface area contributed by atoms with E-state index in [-0.39, 0.29) is 31.4 Å². The lowest BCUT2D eigenvalue weighted by Crippen LogP contribution is -2.17. The number of rotatable bonds is 4. The van der Waals surface area contributed by atoms with Crippen LogP contribution in [0.3, 0.4) is 0 Å². The summed E-state index contributed by atoms with van der Waals surface area (Å²) in [6, 6.07) is 0. The van der Waals surface area contributed by atoms with Crippen LogP contribution in [-0.2, 0) is 6.54 Å². The average molecular weight is 231 g/mol. The van der Waals surface area contributed by atoms with Gasteiger partial charge in [0.2, 0.25) is 0 Å². The van der Waals surface area contributed by atoms with Gasteiger partial charge in [-0.2, -0.15) is 0 Å². The molecule has 3 nitrogen and oxygen atoms in total. The molecule has 0 spiro atoms. The smallest absolute Gasteiger partial charge is 0.106 e. The molecule has 0 unspecified atom stereocenters. The fraction of sp³-hybridized carbons (Fsp3) is 0.500. The largest absolute Gasteiger partial charge is 0.395 e. The van der Waals surface area contributed by atoms with Crippen LogP contribution in [0.25, 0.3) is 0 Å². The number of aliphatic hydroxyl groups is 1. The fourth-order valence-electron chi connectivity index (χ4n) is 0.615.